The Hall–Kier alpha value is -3.09. The number of hydrogen-bond acceptors (Lipinski definition) is 4. The molecule has 2 aromatic rings. The van der Waals surface area contributed by atoms with Gasteiger partial charge in [-0.25, -0.2) is 4.79 Å². The van der Waals surface area contributed by atoms with Crippen LogP contribution in [0.5, 0.6) is 5.75 Å². The number of carbonyl (C=O) groups excluding carboxylic acids is 3. The largest absolute Gasteiger partial charge is 0.494 e. The smallest absolute Gasteiger partial charge is 0.325 e. The zero-order valence-electron chi connectivity index (χ0n) is 17.7. The van der Waals surface area contributed by atoms with Gasteiger partial charge in [-0.05, 0) is 63.9 Å². The maximum atomic E-state index is 13.0. The van der Waals surface area contributed by atoms with Gasteiger partial charge in [0.1, 0.15) is 11.3 Å². The van der Waals surface area contributed by atoms with E-state index in [9.17, 15) is 14.4 Å². The molecule has 7 heteroatoms. The Morgan fingerprint density at radius 1 is 1.13 bits per heavy atom. The lowest BCUT2D eigenvalue weighted by molar-refractivity contribution is -0.130. The molecule has 0 unspecified atom stereocenters. The van der Waals surface area contributed by atoms with Crippen molar-refractivity contribution in [3.63, 3.8) is 0 Å². The number of nitrogens with zero attached hydrogens (tertiary/aromatic N) is 2. The van der Waals surface area contributed by atoms with E-state index in [-0.39, 0.29) is 18.2 Å². The number of hydrogen-bond donors (Lipinski definition) is 1. The highest BCUT2D eigenvalue weighted by Crippen LogP contribution is 2.35. The number of carbonyl (C=O) groups is 3. The minimum atomic E-state index is -0.795. The summed E-state index contributed by atoms with van der Waals surface area (Å²) in [6.07, 6.45) is 3.12. The molecular formula is C23H27N3O4. The second kappa shape index (κ2) is 7.63. The van der Waals surface area contributed by atoms with Crippen LogP contribution in [0, 0.1) is 13.8 Å². The van der Waals surface area contributed by atoms with Crippen LogP contribution in [0.3, 0.4) is 0 Å². The van der Waals surface area contributed by atoms with Crippen LogP contribution >= 0.6 is 0 Å². The molecule has 158 valence electrons. The van der Waals surface area contributed by atoms with Gasteiger partial charge in [-0.3, -0.25) is 14.5 Å². The molecular weight excluding hydrogens is 382 g/mol. The third kappa shape index (κ3) is 3.28. The van der Waals surface area contributed by atoms with Gasteiger partial charge in [0.05, 0.1) is 13.2 Å². The standard InChI is InChI=1S/C23H27N3O4/c1-4-30-18-9-7-17(8-10-18)26-15(2)13-19(16(26)3)20(27)14-25-21(28)23(24-22(25)29)11-5-6-12-23/h7-10,13H,4-6,11-12,14H2,1-3H3,(H,24,29). The van der Waals surface area contributed by atoms with Gasteiger partial charge in [-0.2, -0.15) is 0 Å². The normalized spacial score (nSPS) is 17.6. The van der Waals surface area contributed by atoms with Gasteiger partial charge in [-0.1, -0.05) is 12.8 Å². The lowest BCUT2D eigenvalue weighted by Crippen LogP contribution is -2.44. The molecule has 2 aliphatic rings. The van der Waals surface area contributed by atoms with Crippen LogP contribution < -0.4 is 10.1 Å². The highest BCUT2D eigenvalue weighted by atomic mass is 16.5. The first-order valence-corrected chi connectivity index (χ1v) is 10.5. The van der Waals surface area contributed by atoms with Crippen LogP contribution in [0.15, 0.2) is 30.3 Å². The molecule has 3 amide bonds. The number of benzene rings is 1. The fourth-order valence-corrected chi connectivity index (χ4v) is 4.67. The number of rotatable bonds is 6. The van der Waals surface area contributed by atoms with Gasteiger partial charge in [-0.15, -0.1) is 0 Å². The van der Waals surface area contributed by atoms with Crippen LogP contribution in [0.25, 0.3) is 5.69 Å². The van der Waals surface area contributed by atoms with E-state index in [1.54, 1.807) is 0 Å². The molecule has 4 rings (SSSR count). The Morgan fingerprint density at radius 3 is 2.43 bits per heavy atom. The molecule has 0 atom stereocenters. The summed E-state index contributed by atoms with van der Waals surface area (Å²) >= 11 is 0. The van der Waals surface area contributed by atoms with E-state index < -0.39 is 11.6 Å². The Morgan fingerprint density at radius 2 is 1.80 bits per heavy atom. The van der Waals surface area contributed by atoms with Crippen molar-refractivity contribution in [3.05, 3.63) is 47.3 Å². The zero-order chi connectivity index (χ0) is 21.5. The number of ketones is 1. The van der Waals surface area contributed by atoms with Crippen LogP contribution in [0.4, 0.5) is 4.79 Å². The van der Waals surface area contributed by atoms with E-state index >= 15 is 0 Å². The molecule has 1 saturated carbocycles. The van der Waals surface area contributed by atoms with Gasteiger partial charge in [0.2, 0.25) is 0 Å². The van der Waals surface area contributed by atoms with E-state index in [1.807, 2.05) is 55.7 Å². The summed E-state index contributed by atoms with van der Waals surface area (Å²) < 4.78 is 7.49. The molecule has 1 aromatic heterocycles. The van der Waals surface area contributed by atoms with Gasteiger partial charge in [0.15, 0.2) is 5.78 Å². The summed E-state index contributed by atoms with van der Waals surface area (Å²) in [6, 6.07) is 9.04. The summed E-state index contributed by atoms with van der Waals surface area (Å²) in [5.74, 6) is 0.289. The van der Waals surface area contributed by atoms with E-state index in [0.29, 0.717) is 25.0 Å². The summed E-state index contributed by atoms with van der Waals surface area (Å²) in [5, 5.41) is 2.83. The topological polar surface area (TPSA) is 80.6 Å². The molecule has 2 heterocycles. The number of nitrogens with one attached hydrogen (secondary N) is 1. The summed E-state index contributed by atoms with van der Waals surface area (Å²) in [7, 11) is 0. The summed E-state index contributed by atoms with van der Waals surface area (Å²) in [4.78, 5) is 39.4. The average molecular weight is 409 g/mol. The number of urea groups is 1. The van der Waals surface area contributed by atoms with E-state index in [4.69, 9.17) is 4.74 Å². The molecule has 1 saturated heterocycles. The molecule has 1 aliphatic carbocycles. The van der Waals surface area contributed by atoms with Crippen LogP contribution in [-0.4, -0.2) is 45.9 Å². The van der Waals surface area contributed by atoms with Crippen molar-refractivity contribution in [2.75, 3.05) is 13.2 Å². The highest BCUT2D eigenvalue weighted by molar-refractivity contribution is 6.11. The minimum Gasteiger partial charge on any atom is -0.494 e. The lowest BCUT2D eigenvalue weighted by Gasteiger charge is -2.19. The zero-order valence-corrected chi connectivity index (χ0v) is 17.7. The predicted octanol–water partition coefficient (Wildman–Crippen LogP) is 3.54. The van der Waals surface area contributed by atoms with Gasteiger partial charge in [0, 0.05) is 22.6 Å². The molecule has 2 fully saturated rings. The Labute approximate surface area is 176 Å². The van der Waals surface area contributed by atoms with Gasteiger partial charge < -0.3 is 14.6 Å². The SMILES string of the molecule is CCOc1ccc(-n2c(C)cc(C(=O)CN3C(=O)NC4(CCCC4)C3=O)c2C)cc1. The Balaban J connectivity index is 1.56. The Kier molecular flexibility index (Phi) is 5.13. The first-order chi connectivity index (χ1) is 14.4. The number of ether oxygens (including phenoxy) is 1. The monoisotopic (exact) mass is 409 g/mol. The van der Waals surface area contributed by atoms with Crippen molar-refractivity contribution in [2.45, 2.75) is 52.0 Å². The number of imide groups is 1. The number of aryl methyl sites for hydroxylation is 1. The molecule has 1 aromatic carbocycles. The van der Waals surface area contributed by atoms with Crippen molar-refractivity contribution in [1.29, 1.82) is 0 Å². The van der Waals surface area contributed by atoms with Crippen LogP contribution in [0.2, 0.25) is 0 Å². The number of aromatic nitrogens is 1. The maximum absolute atomic E-state index is 13.0. The highest BCUT2D eigenvalue weighted by Gasteiger charge is 2.52. The second-order valence-electron chi connectivity index (χ2n) is 8.08. The van der Waals surface area contributed by atoms with Crippen molar-refractivity contribution >= 4 is 17.7 Å². The Bertz CT molecular complexity index is 1000. The maximum Gasteiger partial charge on any atom is 0.325 e. The molecule has 0 radical (unpaired) electrons. The quantitative estimate of drug-likeness (QED) is 0.585. The third-order valence-corrected chi connectivity index (χ3v) is 6.14. The number of Topliss-reactive ketones (excluding diaryl/α,β-unsaturated/α-hetero) is 1. The summed E-state index contributed by atoms with van der Waals surface area (Å²) in [5.41, 5.74) is 2.34. The van der Waals surface area contributed by atoms with Crippen molar-refractivity contribution in [2.24, 2.45) is 0 Å². The molecule has 0 bridgehead atoms. The molecule has 1 aliphatic heterocycles. The molecule has 7 nitrogen and oxygen atoms in total. The van der Waals surface area contributed by atoms with Crippen molar-refractivity contribution in [3.8, 4) is 11.4 Å². The predicted molar refractivity (Wildman–Crippen MR) is 112 cm³/mol. The van der Waals surface area contributed by atoms with E-state index in [1.165, 1.54) is 0 Å². The second-order valence-corrected chi connectivity index (χ2v) is 8.08. The average Bonchev–Trinajstić information content (AvgIpc) is 3.37. The summed E-state index contributed by atoms with van der Waals surface area (Å²) in [6.45, 7) is 6.11. The van der Waals surface area contributed by atoms with Gasteiger partial charge in [0.25, 0.3) is 5.91 Å². The molecule has 1 spiro atoms. The van der Waals surface area contributed by atoms with E-state index in [0.717, 1.165) is 40.6 Å². The van der Waals surface area contributed by atoms with Crippen molar-refractivity contribution in [1.82, 2.24) is 14.8 Å². The third-order valence-electron chi connectivity index (χ3n) is 6.14. The van der Waals surface area contributed by atoms with Crippen LogP contribution in [0.1, 0.15) is 54.4 Å². The van der Waals surface area contributed by atoms with E-state index in [2.05, 4.69) is 5.32 Å². The fourth-order valence-electron chi connectivity index (χ4n) is 4.67. The number of amides is 3. The van der Waals surface area contributed by atoms with Gasteiger partial charge >= 0.3 is 6.03 Å². The van der Waals surface area contributed by atoms with Crippen molar-refractivity contribution < 1.29 is 19.1 Å². The first-order valence-electron chi connectivity index (χ1n) is 10.5. The fraction of sp³-hybridized carbons (Fsp3) is 0.435. The first kappa shape index (κ1) is 20.2. The molecule has 1 N–H and O–H groups in total. The molecule has 30 heavy (non-hydrogen) atoms. The lowest BCUT2D eigenvalue weighted by atomic mass is 9.98. The van der Waals surface area contributed by atoms with Crippen LogP contribution in [-0.2, 0) is 4.79 Å². The minimum absolute atomic E-state index is 0.236.